The van der Waals surface area contributed by atoms with Crippen LogP contribution in [-0.4, -0.2) is 23.5 Å². The first kappa shape index (κ1) is 13.5. The van der Waals surface area contributed by atoms with E-state index in [1.165, 1.54) is 12.1 Å². The van der Waals surface area contributed by atoms with Crippen LogP contribution in [0.5, 0.6) is 5.75 Å². The predicted molar refractivity (Wildman–Crippen MR) is 63.8 cm³/mol. The zero-order chi connectivity index (χ0) is 12.8. The largest absolute Gasteiger partial charge is 0.479 e. The zero-order valence-electron chi connectivity index (χ0n) is 9.35. The number of ether oxygens (including phenoxy) is 1. The van der Waals surface area contributed by atoms with Gasteiger partial charge >= 0.3 is 5.97 Å². The second-order valence-corrected chi connectivity index (χ2v) is 3.97. The lowest BCUT2D eigenvalue weighted by Crippen LogP contribution is -2.27. The van der Waals surface area contributed by atoms with Gasteiger partial charge in [0, 0.05) is 5.02 Å². The maximum Gasteiger partial charge on any atom is 0.344 e. The molecule has 1 rings (SSSR count). The van der Waals surface area contributed by atoms with Gasteiger partial charge in [-0.3, -0.25) is 4.79 Å². The molecule has 0 aliphatic heterocycles. The third-order valence-corrected chi connectivity index (χ3v) is 2.43. The number of hydrogen-bond donors (Lipinski definition) is 1. The molecule has 0 amide bonds. The Morgan fingerprint density at radius 3 is 2.82 bits per heavy atom. The molecule has 0 bridgehead atoms. The molecule has 17 heavy (non-hydrogen) atoms. The number of carbonyl (C=O) groups excluding carboxylic acids is 1. The molecule has 1 unspecified atom stereocenters. The number of aliphatic carboxylic acids is 1. The van der Waals surface area contributed by atoms with E-state index in [1.54, 1.807) is 6.07 Å². The van der Waals surface area contributed by atoms with Gasteiger partial charge in [-0.15, -0.1) is 0 Å². The Kier molecular flexibility index (Phi) is 4.97. The summed E-state index contributed by atoms with van der Waals surface area (Å²) in [5.41, 5.74) is 0.250. The highest BCUT2D eigenvalue weighted by molar-refractivity contribution is 6.30. The molecule has 0 saturated carbocycles. The number of carbonyl (C=O) groups is 2. The zero-order valence-corrected chi connectivity index (χ0v) is 10.1. The first-order chi connectivity index (χ1) is 8.08. The maximum atomic E-state index is 10.9. The highest BCUT2D eigenvalue weighted by Gasteiger charge is 2.19. The molecule has 0 aliphatic carbocycles. The fourth-order valence-corrected chi connectivity index (χ4v) is 1.55. The van der Waals surface area contributed by atoms with Crippen LogP contribution in [0.4, 0.5) is 0 Å². The summed E-state index contributed by atoms with van der Waals surface area (Å²) in [6.07, 6.45) is 0.711. The quantitative estimate of drug-likeness (QED) is 0.795. The van der Waals surface area contributed by atoms with Gasteiger partial charge in [0.2, 0.25) is 0 Å². The Morgan fingerprint density at radius 2 is 2.29 bits per heavy atom. The van der Waals surface area contributed by atoms with Crippen molar-refractivity contribution in [3.8, 4) is 5.75 Å². The van der Waals surface area contributed by atoms with Crippen LogP contribution in [0.25, 0.3) is 0 Å². The summed E-state index contributed by atoms with van der Waals surface area (Å²) in [5, 5.41) is 9.35. The van der Waals surface area contributed by atoms with Crippen molar-refractivity contribution in [2.45, 2.75) is 25.9 Å². The average Bonchev–Trinajstić information content (AvgIpc) is 2.30. The van der Waals surface area contributed by atoms with Crippen molar-refractivity contribution in [1.82, 2.24) is 0 Å². The number of carboxylic acids is 1. The van der Waals surface area contributed by atoms with Crippen molar-refractivity contribution < 1.29 is 19.4 Å². The lowest BCUT2D eigenvalue weighted by molar-refractivity contribution is -0.145. The van der Waals surface area contributed by atoms with Crippen LogP contribution < -0.4 is 4.74 Å². The molecule has 0 fully saturated rings. The number of rotatable bonds is 6. The summed E-state index contributed by atoms with van der Waals surface area (Å²) in [7, 11) is 0. The molecular formula is C12H13ClO4. The van der Waals surface area contributed by atoms with Crippen molar-refractivity contribution in [3.63, 3.8) is 0 Å². The third-order valence-electron chi connectivity index (χ3n) is 2.19. The molecule has 1 N–H and O–H groups in total. The molecule has 1 aromatic carbocycles. The summed E-state index contributed by atoms with van der Waals surface area (Å²) < 4.78 is 5.30. The SMILES string of the molecule is CCCC(Oc1ccc(Cl)cc1C=O)C(=O)O. The van der Waals surface area contributed by atoms with Crippen LogP contribution in [0.2, 0.25) is 5.02 Å². The highest BCUT2D eigenvalue weighted by atomic mass is 35.5. The lowest BCUT2D eigenvalue weighted by Gasteiger charge is -2.15. The van der Waals surface area contributed by atoms with Crippen LogP contribution in [0.1, 0.15) is 30.1 Å². The second kappa shape index (κ2) is 6.25. The van der Waals surface area contributed by atoms with Crippen LogP contribution in [0, 0.1) is 0 Å². The molecule has 92 valence electrons. The molecule has 0 heterocycles. The summed E-state index contributed by atoms with van der Waals surface area (Å²) in [6, 6.07) is 4.49. The minimum Gasteiger partial charge on any atom is -0.479 e. The average molecular weight is 257 g/mol. The normalized spacial score (nSPS) is 11.9. The Balaban J connectivity index is 2.92. The first-order valence-corrected chi connectivity index (χ1v) is 5.60. The lowest BCUT2D eigenvalue weighted by atomic mass is 10.2. The number of aldehydes is 1. The van der Waals surface area contributed by atoms with Gasteiger partial charge in [-0.1, -0.05) is 24.9 Å². The summed E-state index contributed by atoms with van der Waals surface area (Å²) in [6.45, 7) is 1.86. The van der Waals surface area contributed by atoms with Crippen molar-refractivity contribution in [1.29, 1.82) is 0 Å². The van der Waals surface area contributed by atoms with Gasteiger partial charge < -0.3 is 9.84 Å². The van der Waals surface area contributed by atoms with Crippen LogP contribution in [0.15, 0.2) is 18.2 Å². The standard InChI is InChI=1S/C12H13ClO4/c1-2-3-11(12(15)16)17-10-5-4-9(13)6-8(10)7-14/h4-7,11H,2-3H2,1H3,(H,15,16). The smallest absolute Gasteiger partial charge is 0.344 e. The van der Waals surface area contributed by atoms with E-state index in [0.29, 0.717) is 24.2 Å². The molecule has 4 nitrogen and oxygen atoms in total. The molecule has 1 atom stereocenters. The van der Waals surface area contributed by atoms with E-state index in [9.17, 15) is 9.59 Å². The van der Waals surface area contributed by atoms with E-state index in [1.807, 2.05) is 6.92 Å². The van der Waals surface area contributed by atoms with Gasteiger partial charge in [-0.05, 0) is 24.6 Å². The fourth-order valence-electron chi connectivity index (χ4n) is 1.37. The molecule has 0 radical (unpaired) electrons. The predicted octanol–water partition coefficient (Wildman–Crippen LogP) is 2.78. The van der Waals surface area contributed by atoms with Crippen molar-refractivity contribution in [2.24, 2.45) is 0 Å². The van der Waals surface area contributed by atoms with E-state index in [4.69, 9.17) is 21.4 Å². The topological polar surface area (TPSA) is 63.6 Å². The molecule has 5 heteroatoms. The monoisotopic (exact) mass is 256 g/mol. The maximum absolute atomic E-state index is 10.9. The van der Waals surface area contributed by atoms with Gasteiger partial charge in [0.05, 0.1) is 5.56 Å². The Hall–Kier alpha value is -1.55. The molecule has 0 aromatic heterocycles. The van der Waals surface area contributed by atoms with Crippen LogP contribution in [-0.2, 0) is 4.79 Å². The van der Waals surface area contributed by atoms with E-state index < -0.39 is 12.1 Å². The molecule has 0 aliphatic rings. The molecule has 1 aromatic rings. The summed E-state index contributed by atoms with van der Waals surface area (Å²) in [5.74, 6) is -0.802. The Labute approximate surface area is 104 Å². The van der Waals surface area contributed by atoms with Gasteiger partial charge in [-0.25, -0.2) is 4.79 Å². The van der Waals surface area contributed by atoms with Gasteiger partial charge in [0.25, 0.3) is 0 Å². The highest BCUT2D eigenvalue weighted by Crippen LogP contribution is 2.23. The minimum absolute atomic E-state index is 0.241. The van der Waals surface area contributed by atoms with E-state index in [2.05, 4.69) is 0 Å². The van der Waals surface area contributed by atoms with Crippen molar-refractivity contribution >= 4 is 23.9 Å². The van der Waals surface area contributed by atoms with Crippen molar-refractivity contribution in [2.75, 3.05) is 0 Å². The number of benzene rings is 1. The minimum atomic E-state index is -1.04. The first-order valence-electron chi connectivity index (χ1n) is 5.22. The van der Waals surface area contributed by atoms with Crippen LogP contribution >= 0.6 is 11.6 Å². The summed E-state index contributed by atoms with van der Waals surface area (Å²) in [4.78, 5) is 21.7. The number of hydrogen-bond acceptors (Lipinski definition) is 3. The van der Waals surface area contributed by atoms with E-state index in [0.717, 1.165) is 0 Å². The molecule has 0 saturated heterocycles. The fraction of sp³-hybridized carbons (Fsp3) is 0.333. The molecule has 0 spiro atoms. The molecular weight excluding hydrogens is 244 g/mol. The third kappa shape index (κ3) is 3.75. The Morgan fingerprint density at radius 1 is 1.59 bits per heavy atom. The van der Waals surface area contributed by atoms with Crippen LogP contribution in [0.3, 0.4) is 0 Å². The Bertz CT molecular complexity index is 417. The van der Waals surface area contributed by atoms with Gasteiger partial charge in [0.1, 0.15) is 5.75 Å². The van der Waals surface area contributed by atoms with E-state index >= 15 is 0 Å². The number of halogens is 1. The number of carboxylic acid groups (broad SMARTS) is 1. The summed E-state index contributed by atoms with van der Waals surface area (Å²) >= 11 is 5.73. The van der Waals surface area contributed by atoms with Crippen molar-refractivity contribution in [3.05, 3.63) is 28.8 Å². The van der Waals surface area contributed by atoms with E-state index in [-0.39, 0.29) is 11.3 Å². The second-order valence-electron chi connectivity index (χ2n) is 3.53. The van der Waals surface area contributed by atoms with Gasteiger partial charge in [-0.2, -0.15) is 0 Å². The van der Waals surface area contributed by atoms with Gasteiger partial charge in [0.15, 0.2) is 12.4 Å².